The van der Waals surface area contributed by atoms with Crippen molar-refractivity contribution < 1.29 is 0 Å². The van der Waals surface area contributed by atoms with E-state index in [9.17, 15) is 0 Å². The molecule has 1 aliphatic rings. The van der Waals surface area contributed by atoms with Crippen LogP contribution in [0.5, 0.6) is 0 Å². The van der Waals surface area contributed by atoms with E-state index in [2.05, 4.69) is 69.7 Å². The van der Waals surface area contributed by atoms with Gasteiger partial charge in [0.15, 0.2) is 5.96 Å². The van der Waals surface area contributed by atoms with Crippen LogP contribution in [-0.4, -0.2) is 60.6 Å². The Labute approximate surface area is 201 Å². The summed E-state index contributed by atoms with van der Waals surface area (Å²) in [6, 6.07) is 4.20. The first-order valence-corrected chi connectivity index (χ1v) is 11.3. The molecule has 166 valence electrons. The second-order valence-electron chi connectivity index (χ2n) is 7.68. The Morgan fingerprint density at radius 1 is 1.23 bits per heavy atom. The second-order valence-corrected chi connectivity index (χ2v) is 8.62. The van der Waals surface area contributed by atoms with Crippen molar-refractivity contribution in [3.8, 4) is 0 Å². The van der Waals surface area contributed by atoms with Crippen molar-refractivity contribution in [1.29, 1.82) is 0 Å². The van der Waals surface area contributed by atoms with E-state index in [1.165, 1.54) is 5.56 Å². The molecule has 0 bridgehead atoms. The van der Waals surface area contributed by atoms with E-state index in [4.69, 9.17) is 4.99 Å². The van der Waals surface area contributed by atoms with E-state index in [-0.39, 0.29) is 24.0 Å². The lowest BCUT2D eigenvalue weighted by Gasteiger charge is -2.33. The fraction of sp³-hybridized carbons (Fsp3) is 0.571. The lowest BCUT2D eigenvalue weighted by molar-refractivity contribution is 0.312. The van der Waals surface area contributed by atoms with Crippen LogP contribution in [-0.2, 0) is 13.1 Å². The number of nitrogens with one attached hydrogen (secondary N) is 2. The Kier molecular flexibility index (Phi) is 10.3. The predicted molar refractivity (Wildman–Crippen MR) is 137 cm³/mol. The Morgan fingerprint density at radius 2 is 2.00 bits per heavy atom. The van der Waals surface area contributed by atoms with Gasteiger partial charge in [-0.15, -0.1) is 35.3 Å². The van der Waals surface area contributed by atoms with Gasteiger partial charge in [-0.1, -0.05) is 13.8 Å². The van der Waals surface area contributed by atoms with Crippen LogP contribution < -0.4 is 15.5 Å². The summed E-state index contributed by atoms with van der Waals surface area (Å²) in [5, 5.41) is 9.94. The van der Waals surface area contributed by atoms with E-state index in [1.807, 2.05) is 12.3 Å². The number of hydrogen-bond donors (Lipinski definition) is 2. The van der Waals surface area contributed by atoms with Crippen LogP contribution >= 0.6 is 35.3 Å². The third kappa shape index (κ3) is 7.35. The number of thiazole rings is 1. The smallest absolute Gasteiger partial charge is 0.191 e. The standard InChI is InChI=1S/C21H33N7S.HI/c1-5-22-21(25-14-20-26-18(15-29-20)16(2)3)24-13-17-6-7-23-19(12-17)28-10-8-27(4)9-11-28;/h6-7,12,15-16H,5,8-11,13-14H2,1-4H3,(H2,22,24,25);1H. The van der Waals surface area contributed by atoms with Crippen LogP contribution in [0.3, 0.4) is 0 Å². The van der Waals surface area contributed by atoms with Gasteiger partial charge in [-0.05, 0) is 37.6 Å². The molecule has 1 saturated heterocycles. The molecule has 9 heteroatoms. The van der Waals surface area contributed by atoms with Crippen molar-refractivity contribution >= 4 is 47.1 Å². The van der Waals surface area contributed by atoms with Crippen molar-refractivity contribution in [3.63, 3.8) is 0 Å². The minimum atomic E-state index is 0. The lowest BCUT2D eigenvalue weighted by Crippen LogP contribution is -2.44. The number of aromatic nitrogens is 2. The SMILES string of the molecule is CCNC(=NCc1ccnc(N2CCN(C)CC2)c1)NCc1nc(C(C)C)cs1.I. The van der Waals surface area contributed by atoms with Gasteiger partial charge in [-0.3, -0.25) is 0 Å². The Bertz CT molecular complexity index is 800. The first kappa shape index (κ1) is 24.8. The molecule has 0 saturated carbocycles. The quantitative estimate of drug-likeness (QED) is 0.318. The molecule has 2 aromatic heterocycles. The summed E-state index contributed by atoms with van der Waals surface area (Å²) >= 11 is 1.70. The lowest BCUT2D eigenvalue weighted by atomic mass is 10.2. The first-order chi connectivity index (χ1) is 14.0. The van der Waals surface area contributed by atoms with E-state index in [0.717, 1.165) is 55.2 Å². The Balaban J connectivity index is 0.00000320. The van der Waals surface area contributed by atoms with E-state index < -0.39 is 0 Å². The third-order valence-electron chi connectivity index (χ3n) is 4.97. The van der Waals surface area contributed by atoms with Crippen molar-refractivity contribution in [2.75, 3.05) is 44.7 Å². The van der Waals surface area contributed by atoms with Crippen LogP contribution in [0, 0.1) is 0 Å². The summed E-state index contributed by atoms with van der Waals surface area (Å²) in [4.78, 5) is 18.7. The van der Waals surface area contributed by atoms with Gasteiger partial charge in [-0.2, -0.15) is 0 Å². The van der Waals surface area contributed by atoms with Crippen LogP contribution in [0.15, 0.2) is 28.7 Å². The largest absolute Gasteiger partial charge is 0.357 e. The van der Waals surface area contributed by atoms with Crippen molar-refractivity contribution in [2.45, 2.75) is 39.8 Å². The normalized spacial score (nSPS) is 15.2. The van der Waals surface area contributed by atoms with Gasteiger partial charge in [-0.25, -0.2) is 15.0 Å². The number of piperazine rings is 1. The highest BCUT2D eigenvalue weighted by atomic mass is 127. The number of likely N-dealkylation sites (N-methyl/N-ethyl adjacent to an activating group) is 1. The average molecular weight is 544 g/mol. The van der Waals surface area contributed by atoms with E-state index in [1.54, 1.807) is 11.3 Å². The average Bonchev–Trinajstić information content (AvgIpc) is 3.20. The molecular weight excluding hydrogens is 509 g/mol. The first-order valence-electron chi connectivity index (χ1n) is 10.4. The molecule has 0 aliphatic carbocycles. The minimum absolute atomic E-state index is 0. The topological polar surface area (TPSA) is 68.7 Å². The molecule has 2 N–H and O–H groups in total. The molecule has 7 nitrogen and oxygen atoms in total. The Morgan fingerprint density at radius 3 is 2.67 bits per heavy atom. The molecule has 0 amide bonds. The fourth-order valence-corrected chi connectivity index (χ4v) is 4.01. The monoisotopic (exact) mass is 543 g/mol. The second kappa shape index (κ2) is 12.4. The zero-order valence-corrected chi connectivity index (χ0v) is 21.5. The molecule has 1 aliphatic heterocycles. The van der Waals surface area contributed by atoms with Gasteiger partial charge in [0.05, 0.1) is 18.8 Å². The summed E-state index contributed by atoms with van der Waals surface area (Å²) in [5.74, 6) is 2.32. The number of guanidine groups is 1. The highest BCUT2D eigenvalue weighted by Crippen LogP contribution is 2.18. The van der Waals surface area contributed by atoms with Gasteiger partial charge in [0, 0.05) is 44.3 Å². The van der Waals surface area contributed by atoms with Crippen molar-refractivity contribution in [2.24, 2.45) is 4.99 Å². The minimum Gasteiger partial charge on any atom is -0.357 e. The molecule has 0 spiro atoms. The van der Waals surface area contributed by atoms with Crippen molar-refractivity contribution in [1.82, 2.24) is 25.5 Å². The van der Waals surface area contributed by atoms with E-state index in [0.29, 0.717) is 19.0 Å². The number of anilines is 1. The summed E-state index contributed by atoms with van der Waals surface area (Å²) in [6.45, 7) is 12.7. The number of halogens is 1. The van der Waals surface area contributed by atoms with Gasteiger partial charge in [0.2, 0.25) is 0 Å². The van der Waals surface area contributed by atoms with Gasteiger partial charge in [0.25, 0.3) is 0 Å². The highest BCUT2D eigenvalue weighted by molar-refractivity contribution is 14.0. The summed E-state index contributed by atoms with van der Waals surface area (Å²) in [6.07, 6.45) is 1.89. The summed E-state index contributed by atoms with van der Waals surface area (Å²) in [7, 11) is 2.17. The summed E-state index contributed by atoms with van der Waals surface area (Å²) in [5.41, 5.74) is 2.32. The van der Waals surface area contributed by atoms with Gasteiger partial charge in [0.1, 0.15) is 10.8 Å². The zero-order chi connectivity index (χ0) is 20.6. The molecule has 0 atom stereocenters. The third-order valence-corrected chi connectivity index (χ3v) is 5.84. The molecule has 1 fully saturated rings. The van der Waals surface area contributed by atoms with Gasteiger partial charge >= 0.3 is 0 Å². The molecule has 2 aromatic rings. The van der Waals surface area contributed by atoms with Crippen LogP contribution in [0.4, 0.5) is 5.82 Å². The number of rotatable bonds is 7. The molecule has 0 aromatic carbocycles. The molecule has 0 radical (unpaired) electrons. The van der Waals surface area contributed by atoms with Gasteiger partial charge < -0.3 is 20.4 Å². The fourth-order valence-electron chi connectivity index (χ4n) is 3.11. The molecule has 3 rings (SSSR count). The maximum atomic E-state index is 4.76. The van der Waals surface area contributed by atoms with Crippen LogP contribution in [0.2, 0.25) is 0 Å². The van der Waals surface area contributed by atoms with Crippen LogP contribution in [0.1, 0.15) is 43.0 Å². The predicted octanol–water partition coefficient (Wildman–Crippen LogP) is 3.29. The molecular formula is C21H34IN7S. The number of pyridine rings is 1. The number of aliphatic imine (C=N–C) groups is 1. The molecule has 3 heterocycles. The van der Waals surface area contributed by atoms with E-state index >= 15 is 0 Å². The maximum Gasteiger partial charge on any atom is 0.191 e. The zero-order valence-electron chi connectivity index (χ0n) is 18.4. The molecule has 30 heavy (non-hydrogen) atoms. The van der Waals surface area contributed by atoms with Crippen LogP contribution in [0.25, 0.3) is 0 Å². The summed E-state index contributed by atoms with van der Waals surface area (Å²) < 4.78 is 0. The number of nitrogens with zero attached hydrogens (tertiary/aromatic N) is 5. The maximum absolute atomic E-state index is 4.76. The van der Waals surface area contributed by atoms with Crippen molar-refractivity contribution in [3.05, 3.63) is 40.0 Å². The highest BCUT2D eigenvalue weighted by Gasteiger charge is 2.15. The number of hydrogen-bond acceptors (Lipinski definition) is 6. The Hall–Kier alpha value is -1.46. The molecule has 0 unspecified atom stereocenters.